The van der Waals surface area contributed by atoms with Crippen LogP contribution in [-0.2, 0) is 4.79 Å². The Kier molecular flexibility index (Phi) is 4.24. The molecule has 0 aliphatic carbocycles. The number of fused-ring (bicyclic) bond motifs is 1. The lowest BCUT2D eigenvalue weighted by Gasteiger charge is -2.32. The van der Waals surface area contributed by atoms with E-state index >= 15 is 0 Å². The van der Waals surface area contributed by atoms with Crippen molar-refractivity contribution < 1.29 is 4.79 Å². The minimum absolute atomic E-state index is 0.0307. The number of hydrogen-bond acceptors (Lipinski definition) is 5. The van der Waals surface area contributed by atoms with Crippen LogP contribution >= 0.6 is 0 Å². The number of nitrogens with one attached hydrogen (secondary N) is 1. The van der Waals surface area contributed by atoms with E-state index in [2.05, 4.69) is 25.4 Å². The van der Waals surface area contributed by atoms with Crippen LogP contribution in [0.4, 0.5) is 11.4 Å². The van der Waals surface area contributed by atoms with Gasteiger partial charge in [-0.1, -0.05) is 12.1 Å². The van der Waals surface area contributed by atoms with Crippen molar-refractivity contribution in [3.05, 3.63) is 55.1 Å². The molecule has 1 aliphatic heterocycles. The van der Waals surface area contributed by atoms with Gasteiger partial charge in [0.1, 0.15) is 0 Å². The monoisotopic (exact) mass is 333 g/mol. The fourth-order valence-corrected chi connectivity index (χ4v) is 3.32. The Morgan fingerprint density at radius 2 is 1.80 bits per heavy atom. The topological polar surface area (TPSA) is 71.0 Å². The molecule has 1 aromatic carbocycles. The smallest absolute Gasteiger partial charge is 0.227 e. The Hall–Kier alpha value is -3.02. The number of piperidine rings is 1. The number of carbonyl (C=O) groups excluding carboxylic acids is 1. The molecule has 0 radical (unpaired) electrons. The van der Waals surface area contributed by atoms with Crippen molar-refractivity contribution in [3.8, 4) is 0 Å². The van der Waals surface area contributed by atoms with E-state index in [1.54, 1.807) is 24.8 Å². The van der Waals surface area contributed by atoms with Gasteiger partial charge in [0.25, 0.3) is 0 Å². The van der Waals surface area contributed by atoms with E-state index in [9.17, 15) is 4.79 Å². The molecule has 1 N–H and O–H groups in total. The molecule has 2 aromatic heterocycles. The number of hydrogen-bond donors (Lipinski definition) is 1. The molecule has 0 spiro atoms. The molecular weight excluding hydrogens is 314 g/mol. The molecule has 1 aliphatic rings. The molecular formula is C19H19N5O. The maximum absolute atomic E-state index is 12.7. The van der Waals surface area contributed by atoms with Crippen LogP contribution in [0, 0.1) is 5.92 Å². The van der Waals surface area contributed by atoms with Gasteiger partial charge < -0.3 is 10.2 Å². The summed E-state index contributed by atoms with van der Waals surface area (Å²) in [5.41, 5.74) is 1.97. The van der Waals surface area contributed by atoms with Crippen molar-refractivity contribution in [1.82, 2.24) is 15.2 Å². The first-order valence-electron chi connectivity index (χ1n) is 8.46. The van der Waals surface area contributed by atoms with Crippen molar-refractivity contribution in [3.63, 3.8) is 0 Å². The summed E-state index contributed by atoms with van der Waals surface area (Å²) in [6.07, 6.45) is 8.70. The number of anilines is 2. The Labute approximate surface area is 145 Å². The van der Waals surface area contributed by atoms with Crippen molar-refractivity contribution in [2.75, 3.05) is 23.3 Å². The van der Waals surface area contributed by atoms with Crippen LogP contribution < -0.4 is 10.2 Å². The highest BCUT2D eigenvalue weighted by Gasteiger charge is 2.25. The highest BCUT2D eigenvalue weighted by Crippen LogP contribution is 2.26. The second kappa shape index (κ2) is 6.84. The number of amides is 1. The third kappa shape index (κ3) is 3.28. The Balaban J connectivity index is 1.42. The summed E-state index contributed by atoms with van der Waals surface area (Å²) in [6.45, 7) is 1.76. The fraction of sp³-hybridized carbons (Fsp3) is 0.263. The lowest BCUT2D eigenvalue weighted by Crippen LogP contribution is -2.38. The van der Waals surface area contributed by atoms with E-state index in [1.807, 2.05) is 30.3 Å². The molecule has 25 heavy (non-hydrogen) atoms. The Morgan fingerprint density at radius 3 is 2.60 bits per heavy atom. The van der Waals surface area contributed by atoms with Crippen molar-refractivity contribution in [2.24, 2.45) is 5.92 Å². The van der Waals surface area contributed by atoms with Crippen LogP contribution in [-0.4, -0.2) is 34.2 Å². The standard InChI is InChI=1S/C19H19N5O/c25-19(23-18-3-1-2-15-12-21-22-13-17(15)18)14-6-10-24(11-7-14)16-4-8-20-9-5-16/h1-5,8-9,12-14H,6-7,10-11H2,(H,23,25). The van der Waals surface area contributed by atoms with Gasteiger partial charge in [-0.2, -0.15) is 10.2 Å². The molecule has 3 aromatic rings. The van der Waals surface area contributed by atoms with E-state index in [1.165, 1.54) is 5.69 Å². The van der Waals surface area contributed by atoms with E-state index in [4.69, 9.17) is 0 Å². The zero-order valence-corrected chi connectivity index (χ0v) is 13.8. The predicted octanol–water partition coefficient (Wildman–Crippen LogP) is 2.88. The third-order valence-corrected chi connectivity index (χ3v) is 4.74. The molecule has 0 bridgehead atoms. The van der Waals surface area contributed by atoms with Gasteiger partial charge in [0.15, 0.2) is 0 Å². The van der Waals surface area contributed by atoms with E-state index < -0.39 is 0 Å². The van der Waals surface area contributed by atoms with Gasteiger partial charge in [-0.25, -0.2) is 0 Å². The second-order valence-electron chi connectivity index (χ2n) is 6.25. The molecule has 6 nitrogen and oxygen atoms in total. The minimum Gasteiger partial charge on any atom is -0.371 e. The quantitative estimate of drug-likeness (QED) is 0.798. The van der Waals surface area contributed by atoms with Gasteiger partial charge in [-0.15, -0.1) is 0 Å². The minimum atomic E-state index is 0.0307. The first-order valence-corrected chi connectivity index (χ1v) is 8.46. The maximum Gasteiger partial charge on any atom is 0.227 e. The number of nitrogens with zero attached hydrogens (tertiary/aromatic N) is 4. The molecule has 1 saturated heterocycles. The number of benzene rings is 1. The first-order chi connectivity index (χ1) is 12.3. The Bertz CT molecular complexity index is 870. The predicted molar refractivity (Wildman–Crippen MR) is 97.3 cm³/mol. The number of carbonyl (C=O) groups is 1. The molecule has 0 saturated carbocycles. The summed E-state index contributed by atoms with van der Waals surface area (Å²) >= 11 is 0. The average Bonchev–Trinajstić information content (AvgIpc) is 2.69. The zero-order chi connectivity index (χ0) is 17.1. The highest BCUT2D eigenvalue weighted by molar-refractivity contribution is 6.02. The molecule has 3 heterocycles. The lowest BCUT2D eigenvalue weighted by molar-refractivity contribution is -0.120. The van der Waals surface area contributed by atoms with Gasteiger partial charge in [-0.05, 0) is 31.0 Å². The molecule has 4 rings (SSSR count). The van der Waals surface area contributed by atoms with Gasteiger partial charge in [-0.3, -0.25) is 9.78 Å². The number of pyridine rings is 1. The summed E-state index contributed by atoms with van der Waals surface area (Å²) in [4.78, 5) is 19.0. The number of rotatable bonds is 3. The van der Waals surface area contributed by atoms with Gasteiger partial charge in [0.2, 0.25) is 5.91 Å². The van der Waals surface area contributed by atoms with Gasteiger partial charge >= 0.3 is 0 Å². The average molecular weight is 333 g/mol. The molecule has 126 valence electrons. The SMILES string of the molecule is O=C(Nc1cccc2cnncc12)C1CCN(c2ccncc2)CC1. The van der Waals surface area contributed by atoms with Crippen LogP contribution in [0.3, 0.4) is 0 Å². The van der Waals surface area contributed by atoms with Crippen molar-refractivity contribution in [2.45, 2.75) is 12.8 Å². The van der Waals surface area contributed by atoms with Gasteiger partial charge in [0.05, 0.1) is 18.1 Å². The maximum atomic E-state index is 12.7. The summed E-state index contributed by atoms with van der Waals surface area (Å²) in [5.74, 6) is 0.113. The largest absolute Gasteiger partial charge is 0.371 e. The van der Waals surface area contributed by atoms with Crippen LogP contribution in [0.5, 0.6) is 0 Å². The Morgan fingerprint density at radius 1 is 1.04 bits per heavy atom. The van der Waals surface area contributed by atoms with Crippen molar-refractivity contribution in [1.29, 1.82) is 0 Å². The van der Waals surface area contributed by atoms with Crippen LogP contribution in [0.15, 0.2) is 55.1 Å². The molecule has 6 heteroatoms. The molecule has 0 atom stereocenters. The van der Waals surface area contributed by atoms with Gasteiger partial charge in [0, 0.05) is 47.9 Å². The first kappa shape index (κ1) is 15.5. The zero-order valence-electron chi connectivity index (χ0n) is 13.8. The second-order valence-corrected chi connectivity index (χ2v) is 6.25. The highest BCUT2D eigenvalue weighted by atomic mass is 16.1. The van der Waals surface area contributed by atoms with Crippen LogP contribution in [0.1, 0.15) is 12.8 Å². The van der Waals surface area contributed by atoms with Crippen molar-refractivity contribution >= 4 is 28.1 Å². The van der Waals surface area contributed by atoms with E-state index in [0.29, 0.717) is 0 Å². The third-order valence-electron chi connectivity index (χ3n) is 4.74. The lowest BCUT2D eigenvalue weighted by atomic mass is 9.95. The fourth-order valence-electron chi connectivity index (χ4n) is 3.32. The molecule has 1 fully saturated rings. The summed E-state index contributed by atoms with van der Waals surface area (Å²) < 4.78 is 0. The summed E-state index contributed by atoms with van der Waals surface area (Å²) in [5, 5.41) is 12.8. The van der Waals surface area contributed by atoms with Crippen LogP contribution in [0.2, 0.25) is 0 Å². The molecule has 1 amide bonds. The van der Waals surface area contributed by atoms with Crippen LogP contribution in [0.25, 0.3) is 10.8 Å². The summed E-state index contributed by atoms with van der Waals surface area (Å²) in [6, 6.07) is 9.82. The van der Waals surface area contributed by atoms with E-state index in [-0.39, 0.29) is 11.8 Å². The number of aromatic nitrogens is 3. The molecule has 0 unspecified atom stereocenters. The van der Waals surface area contributed by atoms with E-state index in [0.717, 1.165) is 42.4 Å². The summed E-state index contributed by atoms with van der Waals surface area (Å²) in [7, 11) is 0. The normalized spacial score (nSPS) is 15.3.